The number of hydrogen-bond donors (Lipinski definition) is 3. The summed E-state index contributed by atoms with van der Waals surface area (Å²) in [6.45, 7) is 15.7. The molecule has 0 aromatic heterocycles. The van der Waals surface area contributed by atoms with E-state index in [4.69, 9.17) is 32.7 Å². The van der Waals surface area contributed by atoms with Crippen molar-refractivity contribution in [3.8, 4) is 0 Å². The van der Waals surface area contributed by atoms with Crippen molar-refractivity contribution in [3.05, 3.63) is 81.8 Å². The van der Waals surface area contributed by atoms with Crippen LogP contribution in [0.2, 0.25) is 10.0 Å². The molecule has 0 spiro atoms. The number of amides is 2. The van der Waals surface area contributed by atoms with E-state index in [2.05, 4.69) is 64.0 Å². The van der Waals surface area contributed by atoms with Crippen LogP contribution in [0, 0.1) is 0 Å². The number of aliphatic imine (C=N–C) groups is 1. The molecule has 0 saturated heterocycles. The molecule has 4 rings (SSSR count). The summed E-state index contributed by atoms with van der Waals surface area (Å²) < 4.78 is 10.7. The van der Waals surface area contributed by atoms with Crippen molar-refractivity contribution in [1.82, 2.24) is 10.6 Å². The maximum atomic E-state index is 12.6. The Bertz CT molecular complexity index is 1610. The molecule has 3 N–H and O–H groups in total. The molecule has 3 aromatic rings. The van der Waals surface area contributed by atoms with Crippen LogP contribution >= 0.6 is 23.2 Å². The molecule has 1 aliphatic heterocycles. The van der Waals surface area contributed by atoms with Crippen molar-refractivity contribution in [2.75, 3.05) is 23.3 Å². The minimum Gasteiger partial charge on any atom is -0.444 e. The molecule has 0 saturated carbocycles. The second-order valence-electron chi connectivity index (χ2n) is 13.3. The molecule has 240 valence electrons. The molecule has 0 radical (unpaired) electrons. The highest BCUT2D eigenvalue weighted by atomic mass is 35.5. The molecule has 0 fully saturated rings. The van der Waals surface area contributed by atoms with Crippen LogP contribution in [0.3, 0.4) is 0 Å². The van der Waals surface area contributed by atoms with Gasteiger partial charge in [-0.1, -0.05) is 55.2 Å². The Labute approximate surface area is 275 Å². The van der Waals surface area contributed by atoms with Gasteiger partial charge in [-0.3, -0.25) is 5.32 Å². The van der Waals surface area contributed by atoms with Crippen LogP contribution < -0.4 is 20.9 Å². The number of benzene rings is 3. The fourth-order valence-corrected chi connectivity index (χ4v) is 5.32. The highest BCUT2D eigenvalue weighted by Crippen LogP contribution is 2.49. The van der Waals surface area contributed by atoms with Gasteiger partial charge in [-0.15, -0.1) is 4.99 Å². The number of halogens is 2. The second kappa shape index (κ2) is 13.2. The smallest absolute Gasteiger partial charge is 0.437 e. The quantitative estimate of drug-likeness (QED) is 0.186. The number of fused-ring (bicyclic) bond motifs is 2. The standard InChI is InChI=1S/C34H41Cl2N5O4/c1-32(2,3)44-30(42)39-29(40-31(43)45-33(4,5)6)37-17-18-41-27-12-10-9-11-23(27)34(7,8)24-19-21(14-16-28(24)41)38-22-13-15-25(35)26(36)20-22/h9-16,19-20,38H,17-18H2,1-8H3,(H2,37,39,40,42,43). The van der Waals surface area contributed by atoms with E-state index in [1.54, 1.807) is 53.7 Å². The number of ether oxygens (including phenoxy) is 2. The molecule has 0 unspecified atom stereocenters. The summed E-state index contributed by atoms with van der Waals surface area (Å²) in [5.74, 6) is -0.0643. The normalized spacial score (nSPS) is 14.2. The summed E-state index contributed by atoms with van der Waals surface area (Å²) in [5.41, 5.74) is 4.34. The van der Waals surface area contributed by atoms with E-state index in [1.165, 1.54) is 5.56 Å². The average molecular weight is 655 g/mol. The van der Waals surface area contributed by atoms with Crippen molar-refractivity contribution in [3.63, 3.8) is 0 Å². The summed E-state index contributed by atoms with van der Waals surface area (Å²) in [6, 6.07) is 20.0. The Morgan fingerprint density at radius 1 is 0.822 bits per heavy atom. The van der Waals surface area contributed by atoms with Crippen LogP contribution in [0.15, 0.2) is 65.7 Å². The lowest BCUT2D eigenvalue weighted by Crippen LogP contribution is -2.46. The summed E-state index contributed by atoms with van der Waals surface area (Å²) in [7, 11) is 0. The zero-order chi connectivity index (χ0) is 33.2. The Morgan fingerprint density at radius 2 is 1.44 bits per heavy atom. The Hall–Kier alpha value is -3.95. The number of rotatable bonds is 5. The maximum Gasteiger partial charge on any atom is 0.437 e. The summed E-state index contributed by atoms with van der Waals surface area (Å²) in [4.78, 5) is 31.3. The van der Waals surface area contributed by atoms with Crippen LogP contribution in [0.25, 0.3) is 0 Å². The first kappa shape index (κ1) is 33.9. The monoisotopic (exact) mass is 653 g/mol. The van der Waals surface area contributed by atoms with Gasteiger partial charge in [0, 0.05) is 41.3 Å². The van der Waals surface area contributed by atoms with Crippen LogP contribution in [0.1, 0.15) is 66.5 Å². The third-order valence-electron chi connectivity index (χ3n) is 6.88. The first-order valence-electron chi connectivity index (χ1n) is 14.7. The van der Waals surface area contributed by atoms with Gasteiger partial charge in [-0.05, 0) is 95.1 Å². The number of alkyl carbamates (subject to hydrolysis) is 1. The van der Waals surface area contributed by atoms with Crippen LogP contribution in [-0.4, -0.2) is 42.4 Å². The number of para-hydroxylation sites is 1. The summed E-state index contributed by atoms with van der Waals surface area (Å²) in [5, 5.41) is 10.1. The molecule has 11 heteroatoms. The van der Waals surface area contributed by atoms with Crippen molar-refractivity contribution >= 4 is 64.1 Å². The molecular weight excluding hydrogens is 613 g/mol. The van der Waals surface area contributed by atoms with Crippen LogP contribution in [0.4, 0.5) is 32.3 Å². The highest BCUT2D eigenvalue weighted by Gasteiger charge is 2.36. The van der Waals surface area contributed by atoms with Gasteiger partial charge in [0.25, 0.3) is 0 Å². The first-order valence-corrected chi connectivity index (χ1v) is 15.5. The topological polar surface area (TPSA) is 104 Å². The molecule has 3 aromatic carbocycles. The average Bonchev–Trinajstić information content (AvgIpc) is 2.90. The molecule has 0 atom stereocenters. The van der Waals surface area contributed by atoms with E-state index >= 15 is 0 Å². The lowest BCUT2D eigenvalue weighted by atomic mass is 9.73. The zero-order valence-corrected chi connectivity index (χ0v) is 28.5. The minimum atomic E-state index is -0.835. The number of guanidine groups is 1. The van der Waals surface area contributed by atoms with Gasteiger partial charge in [0.2, 0.25) is 5.96 Å². The Balaban J connectivity index is 1.61. The van der Waals surface area contributed by atoms with Crippen molar-refractivity contribution < 1.29 is 19.1 Å². The van der Waals surface area contributed by atoms with Gasteiger partial charge in [-0.25, -0.2) is 9.59 Å². The fraction of sp³-hybridized carbons (Fsp3) is 0.382. The second-order valence-corrected chi connectivity index (χ2v) is 14.1. The van der Waals surface area contributed by atoms with Gasteiger partial charge in [0.1, 0.15) is 11.2 Å². The molecular formula is C34H41Cl2N5O4. The predicted octanol–water partition coefficient (Wildman–Crippen LogP) is 8.92. The summed E-state index contributed by atoms with van der Waals surface area (Å²) in [6.07, 6.45) is -1.58. The van der Waals surface area contributed by atoms with E-state index in [-0.39, 0.29) is 11.4 Å². The number of anilines is 4. The minimum absolute atomic E-state index is 0.0643. The van der Waals surface area contributed by atoms with E-state index in [9.17, 15) is 9.59 Å². The van der Waals surface area contributed by atoms with E-state index in [0.29, 0.717) is 23.1 Å². The lowest BCUT2D eigenvalue weighted by Gasteiger charge is -2.42. The molecule has 45 heavy (non-hydrogen) atoms. The maximum absolute atomic E-state index is 12.6. The molecule has 0 bridgehead atoms. The van der Waals surface area contributed by atoms with Crippen molar-refractivity contribution in [2.24, 2.45) is 4.99 Å². The van der Waals surface area contributed by atoms with Crippen molar-refractivity contribution in [2.45, 2.75) is 72.0 Å². The molecule has 2 amide bonds. The predicted molar refractivity (Wildman–Crippen MR) is 183 cm³/mol. The third-order valence-corrected chi connectivity index (χ3v) is 7.62. The number of hydrogen-bond acceptors (Lipinski definition) is 6. The largest absolute Gasteiger partial charge is 0.444 e. The molecule has 9 nitrogen and oxygen atoms in total. The fourth-order valence-electron chi connectivity index (χ4n) is 5.02. The number of nitrogens with zero attached hydrogens (tertiary/aromatic N) is 2. The van der Waals surface area contributed by atoms with E-state index in [0.717, 1.165) is 28.3 Å². The highest BCUT2D eigenvalue weighted by molar-refractivity contribution is 6.42. The van der Waals surface area contributed by atoms with E-state index < -0.39 is 23.4 Å². The number of nitrogens with one attached hydrogen (secondary N) is 3. The van der Waals surface area contributed by atoms with Crippen molar-refractivity contribution in [1.29, 1.82) is 0 Å². The third kappa shape index (κ3) is 8.83. The van der Waals surface area contributed by atoms with Crippen LogP contribution in [0.5, 0.6) is 0 Å². The molecule has 1 aliphatic rings. The van der Waals surface area contributed by atoms with Gasteiger partial charge in [-0.2, -0.15) is 0 Å². The zero-order valence-electron chi connectivity index (χ0n) is 27.0. The van der Waals surface area contributed by atoms with Gasteiger partial charge in [0.15, 0.2) is 0 Å². The number of carbonyl (C=O) groups excluding carboxylic acids is 2. The van der Waals surface area contributed by atoms with Gasteiger partial charge >= 0.3 is 12.2 Å². The molecule has 1 heterocycles. The summed E-state index contributed by atoms with van der Waals surface area (Å²) >= 11 is 12.4. The Morgan fingerprint density at radius 3 is 2.11 bits per heavy atom. The Kier molecular flexibility index (Phi) is 9.94. The van der Waals surface area contributed by atoms with E-state index in [1.807, 2.05) is 24.3 Å². The van der Waals surface area contributed by atoms with Crippen LogP contribution in [-0.2, 0) is 14.9 Å². The van der Waals surface area contributed by atoms with Gasteiger partial charge in [0.05, 0.1) is 10.0 Å². The molecule has 0 aliphatic carbocycles. The lowest BCUT2D eigenvalue weighted by molar-refractivity contribution is 0.0560. The SMILES string of the molecule is CC(C)(C)OC(=O)/N=C(/NCCN1c2ccccc2C(C)(C)c2cc(Nc3ccc(Cl)c(Cl)c3)ccc21)NC(=O)OC(C)(C)C. The van der Waals surface area contributed by atoms with Gasteiger partial charge < -0.3 is 25.0 Å². The first-order chi connectivity index (χ1) is 20.9. The number of carbonyl (C=O) groups is 2.